The fourth-order valence-corrected chi connectivity index (χ4v) is 1.87. The quantitative estimate of drug-likeness (QED) is 0.773. The molecule has 0 radical (unpaired) electrons. The number of carbonyl (C=O) groups excluding carboxylic acids is 1. The molecule has 1 aromatic heterocycles. The maximum Gasteiger partial charge on any atom is 0.243 e. The third-order valence-electron chi connectivity index (χ3n) is 2.60. The number of ether oxygens (including phenoxy) is 1. The third kappa shape index (κ3) is 2.94. The van der Waals surface area contributed by atoms with Crippen LogP contribution in [0.5, 0.6) is 0 Å². The lowest BCUT2D eigenvalue weighted by Crippen LogP contribution is -2.48. The van der Waals surface area contributed by atoms with E-state index >= 15 is 0 Å². The van der Waals surface area contributed by atoms with Gasteiger partial charge in [0.1, 0.15) is 6.04 Å². The van der Waals surface area contributed by atoms with E-state index in [2.05, 4.69) is 15.6 Å². The van der Waals surface area contributed by atoms with Crippen molar-refractivity contribution < 1.29 is 9.53 Å². The summed E-state index contributed by atoms with van der Waals surface area (Å²) in [6, 6.07) is 1.46. The van der Waals surface area contributed by atoms with Crippen molar-refractivity contribution in [3.63, 3.8) is 0 Å². The largest absolute Gasteiger partial charge is 0.378 e. The zero-order valence-corrected chi connectivity index (χ0v) is 10.3. The van der Waals surface area contributed by atoms with Gasteiger partial charge in [0, 0.05) is 12.7 Å². The number of pyridine rings is 1. The Balaban J connectivity index is 2.07. The van der Waals surface area contributed by atoms with Crippen LogP contribution >= 0.6 is 11.6 Å². The van der Waals surface area contributed by atoms with Gasteiger partial charge in [0.25, 0.3) is 0 Å². The number of hydrogen-bond donors (Lipinski definition) is 2. The Bertz CT molecular complexity index is 399. The minimum Gasteiger partial charge on any atom is -0.378 e. The fraction of sp³-hybridized carbons (Fsp3) is 0.455. The number of nitrogens with zero attached hydrogens (tertiary/aromatic N) is 1. The number of carbonyl (C=O) groups is 1. The molecule has 2 heterocycles. The summed E-state index contributed by atoms with van der Waals surface area (Å²) in [5.74, 6) is -0.150. The van der Waals surface area contributed by atoms with Gasteiger partial charge >= 0.3 is 0 Å². The van der Waals surface area contributed by atoms with Crippen LogP contribution in [-0.2, 0) is 9.53 Å². The zero-order valence-electron chi connectivity index (χ0n) is 9.50. The highest BCUT2D eigenvalue weighted by atomic mass is 35.5. The SMILES string of the molecule is Cc1ccnc(Cl)c1NC(=O)C1COCCN1. The number of halogens is 1. The van der Waals surface area contributed by atoms with Crippen LogP contribution in [0.15, 0.2) is 12.3 Å². The molecular formula is C11H14ClN3O2. The molecule has 1 atom stereocenters. The highest BCUT2D eigenvalue weighted by Crippen LogP contribution is 2.22. The van der Waals surface area contributed by atoms with Crippen LogP contribution in [0.3, 0.4) is 0 Å². The van der Waals surface area contributed by atoms with Gasteiger partial charge in [0.15, 0.2) is 5.15 Å². The van der Waals surface area contributed by atoms with E-state index in [1.54, 1.807) is 12.3 Å². The number of anilines is 1. The summed E-state index contributed by atoms with van der Waals surface area (Å²) in [5, 5.41) is 6.15. The lowest BCUT2D eigenvalue weighted by molar-refractivity contribution is -0.120. The normalized spacial score (nSPS) is 20.0. The minimum absolute atomic E-state index is 0.150. The lowest BCUT2D eigenvalue weighted by atomic mass is 10.2. The van der Waals surface area contributed by atoms with E-state index in [-0.39, 0.29) is 11.9 Å². The zero-order chi connectivity index (χ0) is 12.3. The smallest absolute Gasteiger partial charge is 0.243 e. The number of hydrogen-bond acceptors (Lipinski definition) is 4. The van der Waals surface area contributed by atoms with E-state index in [0.29, 0.717) is 30.6 Å². The molecule has 1 unspecified atom stereocenters. The topological polar surface area (TPSA) is 63.2 Å². The summed E-state index contributed by atoms with van der Waals surface area (Å²) in [4.78, 5) is 15.9. The van der Waals surface area contributed by atoms with Gasteiger partial charge in [-0.05, 0) is 18.6 Å². The van der Waals surface area contributed by atoms with Crippen LogP contribution < -0.4 is 10.6 Å². The summed E-state index contributed by atoms with van der Waals surface area (Å²) in [6.07, 6.45) is 1.61. The summed E-state index contributed by atoms with van der Waals surface area (Å²) >= 11 is 5.94. The van der Waals surface area contributed by atoms with Crippen molar-refractivity contribution >= 4 is 23.2 Å². The second kappa shape index (κ2) is 5.44. The molecule has 0 saturated carbocycles. The maximum absolute atomic E-state index is 11.9. The van der Waals surface area contributed by atoms with Crippen LogP contribution in [0, 0.1) is 6.92 Å². The molecule has 1 saturated heterocycles. The second-order valence-electron chi connectivity index (χ2n) is 3.86. The average molecular weight is 256 g/mol. The summed E-state index contributed by atoms with van der Waals surface area (Å²) in [6.45, 7) is 3.56. The number of nitrogens with one attached hydrogen (secondary N) is 2. The molecule has 5 nitrogen and oxygen atoms in total. The standard InChI is InChI=1S/C11H14ClN3O2/c1-7-2-3-14-10(12)9(7)15-11(16)8-6-17-5-4-13-8/h2-3,8,13H,4-6H2,1H3,(H,15,16). The Kier molecular flexibility index (Phi) is 3.93. The molecule has 2 N–H and O–H groups in total. The van der Waals surface area contributed by atoms with E-state index < -0.39 is 0 Å². The van der Waals surface area contributed by atoms with E-state index in [1.807, 2.05) is 6.92 Å². The van der Waals surface area contributed by atoms with Gasteiger partial charge in [0.05, 0.1) is 18.9 Å². The first kappa shape index (κ1) is 12.3. The molecule has 0 spiro atoms. The predicted molar refractivity (Wildman–Crippen MR) is 65.2 cm³/mol. The first-order valence-corrected chi connectivity index (χ1v) is 5.79. The van der Waals surface area contributed by atoms with Crippen LogP contribution in [0.2, 0.25) is 5.15 Å². The van der Waals surface area contributed by atoms with Crippen molar-refractivity contribution in [2.75, 3.05) is 25.1 Å². The number of amides is 1. The molecule has 0 bridgehead atoms. The Morgan fingerprint density at radius 2 is 2.53 bits per heavy atom. The molecule has 1 aliphatic rings. The Morgan fingerprint density at radius 1 is 1.71 bits per heavy atom. The first-order valence-electron chi connectivity index (χ1n) is 5.41. The van der Waals surface area contributed by atoms with Crippen molar-refractivity contribution in [1.29, 1.82) is 0 Å². The number of morpholine rings is 1. The predicted octanol–water partition coefficient (Wildman–Crippen LogP) is 0.970. The number of aromatic nitrogens is 1. The van der Waals surface area contributed by atoms with E-state index in [4.69, 9.17) is 16.3 Å². The molecule has 17 heavy (non-hydrogen) atoms. The molecule has 1 aromatic rings. The summed E-state index contributed by atoms with van der Waals surface area (Å²) < 4.78 is 5.23. The number of aryl methyl sites for hydroxylation is 1. The van der Waals surface area contributed by atoms with Crippen LogP contribution in [0.25, 0.3) is 0 Å². The van der Waals surface area contributed by atoms with Crippen molar-refractivity contribution in [3.05, 3.63) is 23.0 Å². The Morgan fingerprint density at radius 3 is 3.18 bits per heavy atom. The monoisotopic (exact) mass is 255 g/mol. The Hall–Kier alpha value is -1.17. The third-order valence-corrected chi connectivity index (χ3v) is 2.89. The first-order chi connectivity index (χ1) is 8.18. The van der Waals surface area contributed by atoms with E-state index in [0.717, 1.165) is 5.56 Å². The molecule has 2 rings (SSSR count). The van der Waals surface area contributed by atoms with Gasteiger partial charge in [-0.15, -0.1) is 0 Å². The van der Waals surface area contributed by atoms with E-state index in [9.17, 15) is 4.79 Å². The molecule has 1 aliphatic heterocycles. The minimum atomic E-state index is -0.334. The van der Waals surface area contributed by atoms with Crippen LogP contribution in [-0.4, -0.2) is 36.7 Å². The maximum atomic E-state index is 11.9. The molecule has 1 fully saturated rings. The van der Waals surface area contributed by atoms with Crippen molar-refractivity contribution in [2.24, 2.45) is 0 Å². The molecular weight excluding hydrogens is 242 g/mol. The summed E-state index contributed by atoms with van der Waals surface area (Å²) in [5.41, 5.74) is 1.45. The van der Waals surface area contributed by atoms with Gasteiger partial charge in [0.2, 0.25) is 5.91 Å². The molecule has 92 valence electrons. The van der Waals surface area contributed by atoms with Crippen LogP contribution in [0.1, 0.15) is 5.56 Å². The van der Waals surface area contributed by atoms with Gasteiger partial charge < -0.3 is 15.4 Å². The Labute approximate surface area is 105 Å². The average Bonchev–Trinajstić information content (AvgIpc) is 2.35. The lowest BCUT2D eigenvalue weighted by Gasteiger charge is -2.23. The highest BCUT2D eigenvalue weighted by molar-refractivity contribution is 6.32. The molecule has 1 amide bonds. The van der Waals surface area contributed by atoms with Gasteiger partial charge in [-0.1, -0.05) is 11.6 Å². The van der Waals surface area contributed by atoms with Crippen molar-refractivity contribution in [1.82, 2.24) is 10.3 Å². The molecule has 6 heteroatoms. The van der Waals surface area contributed by atoms with Gasteiger partial charge in [-0.25, -0.2) is 4.98 Å². The highest BCUT2D eigenvalue weighted by Gasteiger charge is 2.22. The van der Waals surface area contributed by atoms with Crippen LogP contribution in [0.4, 0.5) is 5.69 Å². The molecule has 0 aliphatic carbocycles. The van der Waals surface area contributed by atoms with Crippen molar-refractivity contribution in [2.45, 2.75) is 13.0 Å². The molecule has 0 aromatic carbocycles. The summed E-state index contributed by atoms with van der Waals surface area (Å²) in [7, 11) is 0. The number of rotatable bonds is 2. The van der Waals surface area contributed by atoms with Gasteiger partial charge in [-0.2, -0.15) is 0 Å². The van der Waals surface area contributed by atoms with Crippen molar-refractivity contribution in [3.8, 4) is 0 Å². The van der Waals surface area contributed by atoms with E-state index in [1.165, 1.54) is 0 Å². The van der Waals surface area contributed by atoms with Gasteiger partial charge in [-0.3, -0.25) is 4.79 Å². The fourth-order valence-electron chi connectivity index (χ4n) is 1.62. The second-order valence-corrected chi connectivity index (χ2v) is 4.22.